The lowest BCUT2D eigenvalue weighted by Crippen LogP contribution is -2.58. The van der Waals surface area contributed by atoms with Crippen LogP contribution in [0.3, 0.4) is 0 Å². The molecule has 11 atom stereocenters. The van der Waals surface area contributed by atoms with Crippen LogP contribution in [-0.2, 0) is 14.8 Å². The SMILES string of the molecule is CC[C@H](C)Oc1ccc(S(=O)(=O)NC(=O)OC[C@@H](C)[C@H]2CC[C@H]3[C@@H]4[C@H](O)C[C@@H]5C[C@H](O)CC[C@]5(C)[C@H]4CC[C@]23C)cc1. The number of hydrogen-bond acceptors (Lipinski definition) is 7. The van der Waals surface area contributed by atoms with Crippen LogP contribution in [0.1, 0.15) is 92.4 Å². The van der Waals surface area contributed by atoms with Crippen LogP contribution in [0.2, 0.25) is 0 Å². The van der Waals surface area contributed by atoms with Crippen molar-refractivity contribution in [2.75, 3.05) is 6.61 Å². The average Bonchev–Trinajstić information content (AvgIpc) is 3.30. The van der Waals surface area contributed by atoms with Gasteiger partial charge in [0.05, 0.1) is 29.8 Å². The van der Waals surface area contributed by atoms with E-state index >= 15 is 0 Å². The predicted octanol–water partition coefficient (Wildman–Crippen LogP) is 5.91. The van der Waals surface area contributed by atoms with Crippen LogP contribution >= 0.6 is 0 Å². The highest BCUT2D eigenvalue weighted by atomic mass is 32.2. The Morgan fingerprint density at radius 1 is 1.00 bits per heavy atom. The number of nitrogens with one attached hydrogen (secondary N) is 1. The van der Waals surface area contributed by atoms with Crippen molar-refractivity contribution < 1.29 is 32.9 Å². The summed E-state index contributed by atoms with van der Waals surface area (Å²) in [4.78, 5) is 12.6. The van der Waals surface area contributed by atoms with Crippen molar-refractivity contribution in [1.29, 1.82) is 0 Å². The Labute approximate surface area is 252 Å². The zero-order chi connectivity index (χ0) is 30.4. The van der Waals surface area contributed by atoms with E-state index in [9.17, 15) is 23.4 Å². The second-order valence-electron chi connectivity index (χ2n) is 14.4. The van der Waals surface area contributed by atoms with Crippen LogP contribution < -0.4 is 9.46 Å². The standard InChI is InChI=1S/C33H51NO7S/c1-6-21(3)41-24-7-9-25(10-8-24)42(38,39)34-31(37)40-19-20(2)26-11-12-27-30-28(14-16-33(26,27)5)32(4)15-13-23(35)17-22(32)18-29(30)36/h7-10,20-23,26-30,35-36H,6,11-19H2,1-5H3,(H,34,37)/t20-,21+,22+,23-,26-,27+,28+,29-,30+,32+,33-/m1/s1. The first-order valence-electron chi connectivity index (χ1n) is 16.1. The molecule has 8 nitrogen and oxygen atoms in total. The van der Waals surface area contributed by atoms with Crippen LogP contribution in [0.5, 0.6) is 5.75 Å². The molecule has 0 radical (unpaired) electrons. The van der Waals surface area contributed by atoms with Gasteiger partial charge in [0.2, 0.25) is 0 Å². The van der Waals surface area contributed by atoms with Gasteiger partial charge in [-0.3, -0.25) is 0 Å². The van der Waals surface area contributed by atoms with Crippen molar-refractivity contribution in [2.45, 2.75) is 116 Å². The number of hydrogen-bond donors (Lipinski definition) is 3. The lowest BCUT2D eigenvalue weighted by molar-refractivity contribution is -0.174. The summed E-state index contributed by atoms with van der Waals surface area (Å²) in [5.74, 6) is 2.53. The van der Waals surface area contributed by atoms with Gasteiger partial charge in [-0.25, -0.2) is 17.9 Å². The highest BCUT2D eigenvalue weighted by Crippen LogP contribution is 2.68. The molecular weight excluding hydrogens is 554 g/mol. The minimum atomic E-state index is -4.07. The van der Waals surface area contributed by atoms with E-state index in [0.29, 0.717) is 29.4 Å². The number of aliphatic hydroxyl groups excluding tert-OH is 2. The van der Waals surface area contributed by atoms with Crippen molar-refractivity contribution >= 4 is 16.1 Å². The maximum absolute atomic E-state index is 12.8. The summed E-state index contributed by atoms with van der Waals surface area (Å²) in [5, 5.41) is 21.8. The summed E-state index contributed by atoms with van der Waals surface area (Å²) in [5.41, 5.74) is 0.228. The maximum Gasteiger partial charge on any atom is 0.421 e. The van der Waals surface area contributed by atoms with Gasteiger partial charge < -0.3 is 19.7 Å². The number of aliphatic hydroxyl groups is 2. The smallest absolute Gasteiger partial charge is 0.421 e. The zero-order valence-electron chi connectivity index (χ0n) is 25.9. The summed E-state index contributed by atoms with van der Waals surface area (Å²) >= 11 is 0. The van der Waals surface area contributed by atoms with Crippen LogP contribution in [0.15, 0.2) is 29.2 Å². The third kappa shape index (κ3) is 5.82. The minimum absolute atomic E-state index is 0.0188. The van der Waals surface area contributed by atoms with Gasteiger partial charge in [-0.15, -0.1) is 0 Å². The molecular formula is C33H51NO7S. The van der Waals surface area contributed by atoms with E-state index in [1.165, 1.54) is 12.1 Å². The molecule has 236 valence electrons. The Morgan fingerprint density at radius 3 is 2.36 bits per heavy atom. The highest BCUT2D eigenvalue weighted by Gasteiger charge is 2.62. The summed E-state index contributed by atoms with van der Waals surface area (Å²) < 4.78 is 38.8. The molecule has 4 aliphatic carbocycles. The first kappa shape index (κ1) is 31.6. The average molecular weight is 606 g/mol. The zero-order valence-corrected chi connectivity index (χ0v) is 26.7. The van der Waals surface area contributed by atoms with Gasteiger partial charge in [0, 0.05) is 0 Å². The van der Waals surface area contributed by atoms with Gasteiger partial charge in [0.1, 0.15) is 5.75 Å². The molecule has 0 aliphatic heterocycles. The van der Waals surface area contributed by atoms with Crippen LogP contribution in [-0.4, -0.2) is 49.6 Å². The Balaban J connectivity index is 1.18. The summed E-state index contributed by atoms with van der Waals surface area (Å²) in [6.45, 7) is 11.0. The van der Waals surface area contributed by atoms with Gasteiger partial charge in [-0.2, -0.15) is 0 Å². The third-order valence-corrected chi connectivity index (χ3v) is 13.5. The first-order chi connectivity index (χ1) is 19.8. The topological polar surface area (TPSA) is 122 Å². The van der Waals surface area contributed by atoms with E-state index in [1.54, 1.807) is 12.1 Å². The quantitative estimate of drug-likeness (QED) is 0.337. The number of carbonyl (C=O) groups is 1. The molecule has 4 fully saturated rings. The van der Waals surface area contributed by atoms with Crippen molar-refractivity contribution in [2.24, 2.45) is 46.3 Å². The fourth-order valence-corrected chi connectivity index (χ4v) is 10.6. The van der Waals surface area contributed by atoms with E-state index in [2.05, 4.69) is 25.5 Å². The first-order valence-corrected chi connectivity index (χ1v) is 17.6. The monoisotopic (exact) mass is 605 g/mol. The third-order valence-electron chi connectivity index (χ3n) is 12.2. The van der Waals surface area contributed by atoms with Crippen molar-refractivity contribution in [1.82, 2.24) is 4.72 Å². The van der Waals surface area contributed by atoms with Crippen molar-refractivity contribution in [3.8, 4) is 5.75 Å². The van der Waals surface area contributed by atoms with Crippen LogP contribution in [0, 0.1) is 46.3 Å². The molecule has 1 aromatic rings. The molecule has 4 aliphatic rings. The number of fused-ring (bicyclic) bond motifs is 5. The molecule has 1 amide bonds. The molecule has 0 saturated heterocycles. The Morgan fingerprint density at radius 2 is 1.67 bits per heavy atom. The fourth-order valence-electron chi connectivity index (χ4n) is 9.71. The van der Waals surface area contributed by atoms with E-state index in [1.807, 2.05) is 13.8 Å². The Kier molecular flexibility index (Phi) is 8.96. The number of amides is 1. The van der Waals surface area contributed by atoms with Crippen molar-refractivity contribution in [3.63, 3.8) is 0 Å². The number of sulfonamides is 1. The van der Waals surface area contributed by atoms with E-state index in [4.69, 9.17) is 9.47 Å². The lowest BCUT2D eigenvalue weighted by Gasteiger charge is -2.62. The van der Waals surface area contributed by atoms with Crippen LogP contribution in [0.25, 0.3) is 0 Å². The second-order valence-corrected chi connectivity index (χ2v) is 16.1. The summed E-state index contributed by atoms with van der Waals surface area (Å²) in [6.07, 6.45) is 7.06. The molecule has 42 heavy (non-hydrogen) atoms. The molecule has 0 bridgehead atoms. The van der Waals surface area contributed by atoms with E-state index < -0.39 is 16.1 Å². The number of benzene rings is 1. The number of rotatable bonds is 8. The minimum Gasteiger partial charge on any atom is -0.491 e. The normalized spacial score (nSPS) is 39.3. The largest absolute Gasteiger partial charge is 0.491 e. The van der Waals surface area contributed by atoms with Gasteiger partial charge in [-0.1, -0.05) is 27.7 Å². The highest BCUT2D eigenvalue weighted by molar-refractivity contribution is 7.90. The molecule has 0 heterocycles. The van der Waals surface area contributed by atoms with E-state index in [0.717, 1.165) is 57.8 Å². The lowest BCUT2D eigenvalue weighted by atomic mass is 9.43. The molecule has 0 spiro atoms. The molecule has 0 unspecified atom stereocenters. The molecule has 5 rings (SSSR count). The van der Waals surface area contributed by atoms with Gasteiger partial charge in [0.15, 0.2) is 0 Å². The molecule has 9 heteroatoms. The molecule has 3 N–H and O–H groups in total. The maximum atomic E-state index is 12.8. The van der Waals surface area contributed by atoms with Crippen molar-refractivity contribution in [3.05, 3.63) is 24.3 Å². The van der Waals surface area contributed by atoms with Gasteiger partial charge >= 0.3 is 6.09 Å². The molecule has 0 aromatic heterocycles. The predicted molar refractivity (Wildman–Crippen MR) is 160 cm³/mol. The van der Waals surface area contributed by atoms with Gasteiger partial charge in [0.25, 0.3) is 10.0 Å². The second kappa shape index (κ2) is 11.9. The summed E-state index contributed by atoms with van der Waals surface area (Å²) in [6, 6.07) is 6.01. The van der Waals surface area contributed by atoms with E-state index in [-0.39, 0.29) is 52.5 Å². The fraction of sp³-hybridized carbons (Fsp3) is 0.788. The van der Waals surface area contributed by atoms with Gasteiger partial charge in [-0.05, 0) is 135 Å². The number of carbonyl (C=O) groups excluding carboxylic acids is 1. The molecule has 4 saturated carbocycles. The number of ether oxygens (including phenoxy) is 2. The van der Waals surface area contributed by atoms with Crippen LogP contribution in [0.4, 0.5) is 4.79 Å². The Hall–Kier alpha value is -1.84. The molecule has 1 aromatic carbocycles. The Bertz CT molecular complexity index is 1220. The summed E-state index contributed by atoms with van der Waals surface area (Å²) in [7, 11) is -4.07.